The van der Waals surface area contributed by atoms with Crippen molar-refractivity contribution in [2.75, 3.05) is 10.6 Å². The van der Waals surface area contributed by atoms with E-state index >= 15 is 0 Å². The van der Waals surface area contributed by atoms with Crippen molar-refractivity contribution in [2.45, 2.75) is 6.54 Å². The number of carbonyl (C=O) groups excluding carboxylic acids is 1. The number of oxazole rings is 1. The summed E-state index contributed by atoms with van der Waals surface area (Å²) in [7, 11) is 0. The van der Waals surface area contributed by atoms with Crippen molar-refractivity contribution in [1.29, 1.82) is 0 Å². The topological polar surface area (TPSA) is 135 Å². The summed E-state index contributed by atoms with van der Waals surface area (Å²) >= 11 is 3.62. The van der Waals surface area contributed by atoms with Crippen LogP contribution in [0.15, 0.2) is 106 Å². The van der Waals surface area contributed by atoms with Crippen molar-refractivity contribution < 1.29 is 9.21 Å². The Morgan fingerprint density at radius 3 is 2.67 bits per heavy atom. The molecule has 7 rings (SSSR count). The molecule has 0 unspecified atom stereocenters. The molecule has 3 heterocycles. The maximum Gasteiger partial charge on any atom is 0.255 e. The number of amides is 1. The van der Waals surface area contributed by atoms with Gasteiger partial charge in [-0.3, -0.25) is 4.79 Å². The first-order valence-corrected chi connectivity index (χ1v) is 13.8. The minimum absolute atomic E-state index is 0.232. The lowest BCUT2D eigenvalue weighted by Gasteiger charge is -2.10. The minimum atomic E-state index is -0.232. The van der Waals surface area contributed by atoms with Gasteiger partial charge in [0.15, 0.2) is 5.58 Å². The molecule has 3 aromatic heterocycles. The molecule has 204 valence electrons. The minimum Gasteiger partial charge on any atom is -0.436 e. The Balaban J connectivity index is 1.08. The Bertz CT molecular complexity index is 2070. The summed E-state index contributed by atoms with van der Waals surface area (Å²) in [6.45, 7) is 0.446. The molecule has 0 saturated carbocycles. The first-order valence-electron chi connectivity index (χ1n) is 13.0. The summed E-state index contributed by atoms with van der Waals surface area (Å²) in [5.74, 6) is 1.35. The summed E-state index contributed by atoms with van der Waals surface area (Å²) in [5.41, 5.74) is 4.96. The number of benzene rings is 4. The van der Waals surface area contributed by atoms with E-state index in [4.69, 9.17) is 9.40 Å². The van der Waals surface area contributed by atoms with Gasteiger partial charge in [0.1, 0.15) is 11.3 Å². The second-order valence-corrected chi connectivity index (χ2v) is 10.3. The standard InChI is InChI=1S/C31H21BrN8O2/c32-25-11-3-7-21-22(25)8-2-9-23(21)31-36-26-16-20(12-13-27(26)42-31)35-30(41)19-6-1-5-18(15-19)17-34-28-24(10-4-14-33-28)29-37-39-40-38-29/h1-16H,17H2,(H,33,34)(H,35,41)(H,37,38,39,40). The van der Waals surface area contributed by atoms with E-state index in [2.05, 4.69) is 58.2 Å². The van der Waals surface area contributed by atoms with Crippen molar-refractivity contribution >= 4 is 55.2 Å². The highest BCUT2D eigenvalue weighted by Gasteiger charge is 2.15. The third kappa shape index (κ3) is 4.97. The van der Waals surface area contributed by atoms with Crippen LogP contribution in [-0.4, -0.2) is 36.5 Å². The number of pyridine rings is 1. The average molecular weight is 617 g/mol. The molecule has 0 saturated heterocycles. The summed E-state index contributed by atoms with van der Waals surface area (Å²) < 4.78 is 7.10. The van der Waals surface area contributed by atoms with Crippen LogP contribution in [0.25, 0.3) is 44.7 Å². The molecule has 10 nitrogen and oxygen atoms in total. The molecule has 0 spiro atoms. The van der Waals surface area contributed by atoms with Gasteiger partial charge in [0.25, 0.3) is 5.91 Å². The Morgan fingerprint density at radius 2 is 1.76 bits per heavy atom. The van der Waals surface area contributed by atoms with Gasteiger partial charge in [0.05, 0.1) is 5.56 Å². The summed E-state index contributed by atoms with van der Waals surface area (Å²) in [6, 6.07) is 28.6. The number of hydrogen-bond donors (Lipinski definition) is 3. The predicted octanol–water partition coefficient (Wildman–Crippen LogP) is 6.85. The number of hydrogen-bond acceptors (Lipinski definition) is 8. The lowest BCUT2D eigenvalue weighted by molar-refractivity contribution is 0.102. The smallest absolute Gasteiger partial charge is 0.255 e. The van der Waals surface area contributed by atoms with E-state index < -0.39 is 0 Å². The van der Waals surface area contributed by atoms with E-state index in [1.54, 1.807) is 18.3 Å². The van der Waals surface area contributed by atoms with E-state index in [9.17, 15) is 4.79 Å². The van der Waals surface area contributed by atoms with Crippen LogP contribution in [0.3, 0.4) is 0 Å². The molecule has 11 heteroatoms. The fourth-order valence-electron chi connectivity index (χ4n) is 4.79. The van der Waals surface area contributed by atoms with Gasteiger partial charge in [0.2, 0.25) is 11.7 Å². The zero-order valence-electron chi connectivity index (χ0n) is 21.9. The first-order chi connectivity index (χ1) is 20.6. The Morgan fingerprint density at radius 1 is 0.905 bits per heavy atom. The largest absolute Gasteiger partial charge is 0.436 e. The van der Waals surface area contributed by atoms with Crippen molar-refractivity contribution in [3.8, 4) is 22.8 Å². The zero-order valence-corrected chi connectivity index (χ0v) is 23.5. The third-order valence-electron chi connectivity index (χ3n) is 6.79. The van der Waals surface area contributed by atoms with Crippen LogP contribution < -0.4 is 10.6 Å². The van der Waals surface area contributed by atoms with Crippen molar-refractivity contribution in [1.82, 2.24) is 30.6 Å². The Kier molecular flexibility index (Phi) is 6.61. The molecule has 0 aliphatic carbocycles. The molecule has 42 heavy (non-hydrogen) atoms. The van der Waals surface area contributed by atoms with E-state index in [1.165, 1.54) is 0 Å². The number of fused-ring (bicyclic) bond motifs is 2. The third-order valence-corrected chi connectivity index (χ3v) is 7.48. The second-order valence-electron chi connectivity index (χ2n) is 9.49. The van der Waals surface area contributed by atoms with Gasteiger partial charge in [-0.2, -0.15) is 5.21 Å². The van der Waals surface area contributed by atoms with Gasteiger partial charge >= 0.3 is 0 Å². The van der Waals surface area contributed by atoms with Crippen LogP contribution in [0.1, 0.15) is 15.9 Å². The lowest BCUT2D eigenvalue weighted by Crippen LogP contribution is -2.12. The molecule has 0 aliphatic rings. The van der Waals surface area contributed by atoms with E-state index in [0.29, 0.717) is 46.4 Å². The fraction of sp³-hybridized carbons (Fsp3) is 0.0323. The van der Waals surface area contributed by atoms with Gasteiger partial charge in [0, 0.05) is 34.0 Å². The maximum absolute atomic E-state index is 13.2. The molecule has 7 aromatic rings. The number of nitrogens with zero attached hydrogens (tertiary/aromatic N) is 5. The quantitative estimate of drug-likeness (QED) is 0.177. The van der Waals surface area contributed by atoms with Crippen LogP contribution >= 0.6 is 15.9 Å². The molecule has 0 bridgehead atoms. The van der Waals surface area contributed by atoms with Crippen molar-refractivity contribution in [3.63, 3.8) is 0 Å². The molecule has 0 fully saturated rings. The molecule has 0 atom stereocenters. The van der Waals surface area contributed by atoms with Gasteiger partial charge in [-0.1, -0.05) is 52.3 Å². The maximum atomic E-state index is 13.2. The Labute approximate surface area is 247 Å². The van der Waals surface area contributed by atoms with E-state index in [0.717, 1.165) is 31.9 Å². The summed E-state index contributed by atoms with van der Waals surface area (Å²) in [6.07, 6.45) is 1.69. The normalized spacial score (nSPS) is 11.2. The highest BCUT2D eigenvalue weighted by molar-refractivity contribution is 9.10. The molecule has 0 aliphatic heterocycles. The number of halogens is 1. The van der Waals surface area contributed by atoms with Crippen molar-refractivity contribution in [2.24, 2.45) is 0 Å². The summed E-state index contributed by atoms with van der Waals surface area (Å²) in [5, 5.41) is 22.5. The van der Waals surface area contributed by atoms with Crippen LogP contribution in [-0.2, 0) is 6.54 Å². The van der Waals surface area contributed by atoms with Crippen LogP contribution in [0.4, 0.5) is 11.5 Å². The average Bonchev–Trinajstić information content (AvgIpc) is 3.71. The number of anilines is 2. The second kappa shape index (κ2) is 10.9. The molecular weight excluding hydrogens is 596 g/mol. The number of tetrazole rings is 1. The predicted molar refractivity (Wildman–Crippen MR) is 164 cm³/mol. The Hall–Kier alpha value is -5.42. The molecule has 4 aromatic carbocycles. The molecule has 3 N–H and O–H groups in total. The highest BCUT2D eigenvalue weighted by Crippen LogP contribution is 2.34. The number of aromatic amines is 1. The van der Waals surface area contributed by atoms with Gasteiger partial charge in [-0.25, -0.2) is 9.97 Å². The molecule has 0 radical (unpaired) electrons. The zero-order chi connectivity index (χ0) is 28.5. The first kappa shape index (κ1) is 25.5. The monoisotopic (exact) mass is 616 g/mol. The SMILES string of the molecule is O=C(Nc1ccc2oc(-c3cccc4c(Br)cccc34)nc2c1)c1cccc(CNc2ncccc2-c2nn[nH]n2)c1. The highest BCUT2D eigenvalue weighted by atomic mass is 79.9. The number of carbonyl (C=O) groups is 1. The van der Waals surface area contributed by atoms with Gasteiger partial charge < -0.3 is 15.1 Å². The fourth-order valence-corrected chi connectivity index (χ4v) is 5.29. The van der Waals surface area contributed by atoms with Gasteiger partial charge in [-0.15, -0.1) is 10.2 Å². The van der Waals surface area contributed by atoms with Crippen LogP contribution in [0, 0.1) is 0 Å². The van der Waals surface area contributed by atoms with Crippen LogP contribution in [0.2, 0.25) is 0 Å². The van der Waals surface area contributed by atoms with E-state index in [-0.39, 0.29) is 5.91 Å². The lowest BCUT2D eigenvalue weighted by atomic mass is 10.0. The number of H-pyrrole nitrogens is 1. The number of aromatic nitrogens is 6. The number of rotatable bonds is 7. The number of nitrogens with one attached hydrogen (secondary N) is 3. The molecular formula is C31H21BrN8O2. The molecule has 1 amide bonds. The van der Waals surface area contributed by atoms with E-state index in [1.807, 2.05) is 72.8 Å². The van der Waals surface area contributed by atoms with Crippen molar-refractivity contribution in [3.05, 3.63) is 113 Å². The van der Waals surface area contributed by atoms with Crippen LogP contribution in [0.5, 0.6) is 0 Å². The van der Waals surface area contributed by atoms with Gasteiger partial charge in [-0.05, 0) is 76.1 Å². The summed E-state index contributed by atoms with van der Waals surface area (Å²) in [4.78, 5) is 22.3.